The van der Waals surface area contributed by atoms with Crippen molar-refractivity contribution in [2.24, 2.45) is 11.7 Å². The number of anilines is 1. The maximum atomic E-state index is 7.96. The third kappa shape index (κ3) is 3.94. The van der Waals surface area contributed by atoms with Gasteiger partial charge in [0.05, 0.1) is 5.56 Å². The first-order valence-electron chi connectivity index (χ1n) is 8.02. The van der Waals surface area contributed by atoms with Gasteiger partial charge >= 0.3 is 0 Å². The van der Waals surface area contributed by atoms with Crippen LogP contribution in [0.25, 0.3) is 0 Å². The zero-order valence-electron chi connectivity index (χ0n) is 13.2. The normalized spacial score (nSPS) is 16.2. The van der Waals surface area contributed by atoms with Crippen LogP contribution in [0.15, 0.2) is 23.1 Å². The van der Waals surface area contributed by atoms with E-state index in [4.69, 9.17) is 11.1 Å². The fraction of sp³-hybridized carbons (Fsp3) is 0.588. The summed E-state index contributed by atoms with van der Waals surface area (Å²) in [7, 11) is 0. The third-order valence-electron chi connectivity index (χ3n) is 4.23. The van der Waals surface area contributed by atoms with Crippen molar-refractivity contribution in [2.45, 2.75) is 44.4 Å². The molecule has 21 heavy (non-hydrogen) atoms. The van der Waals surface area contributed by atoms with Gasteiger partial charge in [0.1, 0.15) is 5.84 Å². The largest absolute Gasteiger partial charge is 0.384 e. The van der Waals surface area contributed by atoms with E-state index < -0.39 is 0 Å². The topological polar surface area (TPSA) is 53.1 Å². The lowest BCUT2D eigenvalue weighted by Crippen LogP contribution is -2.35. The van der Waals surface area contributed by atoms with Crippen LogP contribution < -0.4 is 10.6 Å². The van der Waals surface area contributed by atoms with Crippen LogP contribution in [0.1, 0.15) is 45.1 Å². The van der Waals surface area contributed by atoms with Crippen LogP contribution in [-0.4, -0.2) is 24.7 Å². The van der Waals surface area contributed by atoms with E-state index in [9.17, 15) is 0 Å². The van der Waals surface area contributed by atoms with Crippen molar-refractivity contribution in [1.82, 2.24) is 0 Å². The lowest BCUT2D eigenvalue weighted by atomic mass is 9.92. The molecule has 4 heteroatoms. The predicted molar refractivity (Wildman–Crippen MR) is 93.7 cm³/mol. The summed E-state index contributed by atoms with van der Waals surface area (Å²) in [6.07, 6.45) is 5.15. The van der Waals surface area contributed by atoms with E-state index in [2.05, 4.69) is 36.9 Å². The molecule has 0 atom stereocenters. The van der Waals surface area contributed by atoms with Crippen LogP contribution in [-0.2, 0) is 0 Å². The number of nitrogens with zero attached hydrogens (tertiary/aromatic N) is 1. The molecule has 0 spiro atoms. The molecule has 1 fully saturated rings. The molecule has 0 saturated carbocycles. The Balaban J connectivity index is 2.20. The Morgan fingerprint density at radius 3 is 2.62 bits per heavy atom. The van der Waals surface area contributed by atoms with E-state index in [-0.39, 0.29) is 5.84 Å². The molecule has 0 amide bonds. The molecule has 2 rings (SSSR count). The van der Waals surface area contributed by atoms with Crippen molar-refractivity contribution in [2.75, 3.05) is 23.7 Å². The molecule has 1 aromatic rings. The fourth-order valence-electron chi connectivity index (χ4n) is 3.20. The van der Waals surface area contributed by atoms with Gasteiger partial charge in [-0.2, -0.15) is 0 Å². The number of benzene rings is 1. The summed E-state index contributed by atoms with van der Waals surface area (Å²) in [5.74, 6) is 2.07. The highest BCUT2D eigenvalue weighted by atomic mass is 32.2. The summed E-state index contributed by atoms with van der Waals surface area (Å²) < 4.78 is 0. The average Bonchev–Trinajstić information content (AvgIpc) is 2.48. The van der Waals surface area contributed by atoms with Gasteiger partial charge in [-0.15, -0.1) is 11.8 Å². The van der Waals surface area contributed by atoms with Crippen LogP contribution in [0.4, 0.5) is 5.69 Å². The van der Waals surface area contributed by atoms with Crippen LogP contribution in [0, 0.1) is 11.3 Å². The average molecular weight is 305 g/mol. The Morgan fingerprint density at radius 1 is 1.33 bits per heavy atom. The highest BCUT2D eigenvalue weighted by molar-refractivity contribution is 7.99. The Morgan fingerprint density at radius 2 is 2.05 bits per heavy atom. The standard InChI is InChI=1S/C17H27N3S/c1-3-6-13-9-11-20(12-10-13)14-7-5-8-15(21-4-2)16(14)17(18)19/h5,7-8,13H,3-4,6,9-12H2,1-2H3,(H3,18,19). The van der Waals surface area contributed by atoms with Crippen LogP contribution in [0.2, 0.25) is 0 Å². The van der Waals surface area contributed by atoms with Gasteiger partial charge in [0.15, 0.2) is 0 Å². The van der Waals surface area contributed by atoms with Crippen molar-refractivity contribution in [3.63, 3.8) is 0 Å². The lowest BCUT2D eigenvalue weighted by Gasteiger charge is -2.35. The minimum absolute atomic E-state index is 0.192. The van der Waals surface area contributed by atoms with Crippen LogP contribution >= 0.6 is 11.8 Å². The molecule has 0 bridgehead atoms. The molecule has 0 radical (unpaired) electrons. The van der Waals surface area contributed by atoms with Crippen molar-refractivity contribution in [3.8, 4) is 0 Å². The number of nitrogen functional groups attached to an aromatic ring is 1. The number of rotatable bonds is 6. The molecule has 1 heterocycles. The smallest absolute Gasteiger partial charge is 0.126 e. The fourth-order valence-corrected chi connectivity index (χ4v) is 4.05. The summed E-state index contributed by atoms with van der Waals surface area (Å²) in [4.78, 5) is 3.56. The maximum Gasteiger partial charge on any atom is 0.126 e. The molecular formula is C17H27N3S. The first kappa shape index (κ1) is 16.2. The van der Waals surface area contributed by atoms with Gasteiger partial charge in [-0.25, -0.2) is 0 Å². The first-order valence-corrected chi connectivity index (χ1v) is 9.01. The number of amidine groups is 1. The molecule has 1 aliphatic rings. The molecule has 116 valence electrons. The van der Waals surface area contributed by atoms with E-state index in [0.29, 0.717) is 0 Å². The molecule has 3 nitrogen and oxygen atoms in total. The summed E-state index contributed by atoms with van der Waals surface area (Å²) in [5.41, 5.74) is 7.95. The second kappa shape index (κ2) is 7.74. The summed E-state index contributed by atoms with van der Waals surface area (Å²) in [6.45, 7) is 6.58. The quantitative estimate of drug-likeness (QED) is 0.472. The lowest BCUT2D eigenvalue weighted by molar-refractivity contribution is 0.378. The molecule has 3 N–H and O–H groups in total. The molecule has 0 aromatic heterocycles. The zero-order chi connectivity index (χ0) is 15.2. The summed E-state index contributed by atoms with van der Waals surface area (Å²) in [6, 6.07) is 6.30. The first-order chi connectivity index (χ1) is 10.2. The molecule has 1 aliphatic heterocycles. The number of piperidine rings is 1. The highest BCUT2D eigenvalue weighted by Crippen LogP contribution is 2.33. The van der Waals surface area contributed by atoms with Gasteiger partial charge in [0, 0.05) is 23.7 Å². The monoisotopic (exact) mass is 305 g/mol. The van der Waals surface area contributed by atoms with Crippen molar-refractivity contribution >= 4 is 23.3 Å². The van der Waals surface area contributed by atoms with E-state index >= 15 is 0 Å². The van der Waals surface area contributed by atoms with Crippen molar-refractivity contribution in [3.05, 3.63) is 23.8 Å². The minimum Gasteiger partial charge on any atom is -0.384 e. The van der Waals surface area contributed by atoms with Crippen LogP contribution in [0.5, 0.6) is 0 Å². The molecule has 1 saturated heterocycles. The Hall–Kier alpha value is -1.16. The minimum atomic E-state index is 0.192. The molecule has 0 unspecified atom stereocenters. The molecule has 0 aliphatic carbocycles. The second-order valence-electron chi connectivity index (χ2n) is 5.72. The maximum absolute atomic E-state index is 7.96. The van der Waals surface area contributed by atoms with E-state index in [0.717, 1.165) is 40.9 Å². The number of hydrogen-bond donors (Lipinski definition) is 2. The van der Waals surface area contributed by atoms with Crippen molar-refractivity contribution < 1.29 is 0 Å². The van der Waals surface area contributed by atoms with Gasteiger partial charge < -0.3 is 10.6 Å². The number of nitrogens with one attached hydrogen (secondary N) is 1. The summed E-state index contributed by atoms with van der Waals surface area (Å²) >= 11 is 1.77. The third-order valence-corrected chi connectivity index (χ3v) is 5.17. The van der Waals surface area contributed by atoms with E-state index in [1.54, 1.807) is 11.8 Å². The summed E-state index contributed by atoms with van der Waals surface area (Å²) in [5, 5.41) is 7.96. The highest BCUT2D eigenvalue weighted by Gasteiger charge is 2.22. The van der Waals surface area contributed by atoms with Crippen molar-refractivity contribution in [1.29, 1.82) is 5.41 Å². The van der Waals surface area contributed by atoms with Gasteiger partial charge in [-0.1, -0.05) is 32.8 Å². The van der Waals surface area contributed by atoms with Crippen LogP contribution in [0.3, 0.4) is 0 Å². The molecule has 1 aromatic carbocycles. The van der Waals surface area contributed by atoms with E-state index in [1.807, 2.05) is 0 Å². The van der Waals surface area contributed by atoms with Gasteiger partial charge in [0.25, 0.3) is 0 Å². The molecular weight excluding hydrogens is 278 g/mol. The number of thioether (sulfide) groups is 1. The Kier molecular flexibility index (Phi) is 5.97. The zero-order valence-corrected chi connectivity index (χ0v) is 14.0. The van der Waals surface area contributed by atoms with Gasteiger partial charge in [-0.3, -0.25) is 5.41 Å². The SMILES string of the molecule is CCCC1CCN(c2cccc(SCC)c2C(=N)N)CC1. The second-order valence-corrected chi connectivity index (χ2v) is 7.02. The van der Waals surface area contributed by atoms with E-state index in [1.165, 1.54) is 25.7 Å². The van der Waals surface area contributed by atoms with Gasteiger partial charge in [0.2, 0.25) is 0 Å². The Bertz CT molecular complexity index is 479. The Labute approximate surface area is 132 Å². The number of nitrogens with two attached hydrogens (primary N) is 1. The van der Waals surface area contributed by atoms with Gasteiger partial charge in [-0.05, 0) is 36.6 Å². The number of hydrogen-bond acceptors (Lipinski definition) is 3. The predicted octanol–water partition coefficient (Wildman–Crippen LogP) is 4.10.